The lowest BCUT2D eigenvalue weighted by atomic mass is 9.73. The lowest BCUT2D eigenvalue weighted by Crippen LogP contribution is -2.60. The highest BCUT2D eigenvalue weighted by molar-refractivity contribution is 9.10. The van der Waals surface area contributed by atoms with Crippen LogP contribution in [0.4, 0.5) is 0 Å². The summed E-state index contributed by atoms with van der Waals surface area (Å²) in [5, 5.41) is 12.4. The third-order valence-corrected chi connectivity index (χ3v) is 4.78. The van der Waals surface area contributed by atoms with Gasteiger partial charge in [-0.15, -0.1) is 0 Å². The molecular formula is C16H20BrNO3. The van der Waals surface area contributed by atoms with Gasteiger partial charge < -0.3 is 10.4 Å². The zero-order valence-corrected chi connectivity index (χ0v) is 13.9. The van der Waals surface area contributed by atoms with Gasteiger partial charge in [-0.05, 0) is 49.4 Å². The highest BCUT2D eigenvalue weighted by atomic mass is 79.9. The van der Waals surface area contributed by atoms with Crippen LogP contribution in [-0.4, -0.2) is 22.5 Å². The van der Waals surface area contributed by atoms with Gasteiger partial charge >= 0.3 is 5.97 Å². The van der Waals surface area contributed by atoms with Crippen LogP contribution >= 0.6 is 15.9 Å². The highest BCUT2D eigenvalue weighted by Gasteiger charge is 2.46. The first-order chi connectivity index (χ1) is 9.85. The van der Waals surface area contributed by atoms with Gasteiger partial charge in [-0.1, -0.05) is 35.7 Å². The van der Waals surface area contributed by atoms with Crippen LogP contribution in [-0.2, 0) is 4.79 Å². The van der Waals surface area contributed by atoms with Gasteiger partial charge in [0.15, 0.2) is 0 Å². The number of carbonyl (C=O) groups excluding carboxylic acids is 1. The molecule has 0 saturated heterocycles. The fraction of sp³-hybridized carbons (Fsp3) is 0.500. The van der Waals surface area contributed by atoms with Crippen molar-refractivity contribution in [2.24, 2.45) is 5.92 Å². The van der Waals surface area contributed by atoms with Crippen LogP contribution < -0.4 is 5.32 Å². The maximum absolute atomic E-state index is 12.5. The van der Waals surface area contributed by atoms with Gasteiger partial charge in [-0.25, -0.2) is 4.79 Å². The zero-order chi connectivity index (χ0) is 15.6. The van der Waals surface area contributed by atoms with E-state index in [2.05, 4.69) is 21.2 Å². The molecule has 0 radical (unpaired) electrons. The molecule has 0 bridgehead atoms. The van der Waals surface area contributed by atoms with Crippen molar-refractivity contribution >= 4 is 27.8 Å². The maximum atomic E-state index is 12.5. The molecule has 1 fully saturated rings. The van der Waals surface area contributed by atoms with Gasteiger partial charge in [0, 0.05) is 10.0 Å². The van der Waals surface area contributed by atoms with E-state index in [4.69, 9.17) is 0 Å². The fourth-order valence-electron chi connectivity index (χ4n) is 3.05. The molecule has 0 aromatic heterocycles. The van der Waals surface area contributed by atoms with E-state index in [1.165, 1.54) is 0 Å². The Morgan fingerprint density at radius 3 is 2.62 bits per heavy atom. The van der Waals surface area contributed by atoms with Crippen LogP contribution in [0.3, 0.4) is 0 Å². The van der Waals surface area contributed by atoms with Crippen LogP contribution in [0.5, 0.6) is 0 Å². The Labute approximate surface area is 133 Å². The third-order valence-electron chi connectivity index (χ3n) is 4.32. The van der Waals surface area contributed by atoms with E-state index < -0.39 is 11.5 Å². The van der Waals surface area contributed by atoms with Gasteiger partial charge in [0.25, 0.3) is 5.91 Å². The number of amides is 1. The molecular weight excluding hydrogens is 334 g/mol. The smallest absolute Gasteiger partial charge is 0.329 e. The Kier molecular flexibility index (Phi) is 4.71. The van der Waals surface area contributed by atoms with E-state index in [-0.39, 0.29) is 11.8 Å². The molecule has 0 heterocycles. The summed E-state index contributed by atoms with van der Waals surface area (Å²) in [6.07, 6.45) is 3.16. The first-order valence-electron chi connectivity index (χ1n) is 7.18. The average molecular weight is 354 g/mol. The SMILES string of the molecule is Cc1cc(Br)cc(C(=O)NC2(C(=O)O)CCCCC2C)c1. The van der Waals surface area contributed by atoms with Gasteiger partial charge in [0.1, 0.15) is 5.54 Å². The summed E-state index contributed by atoms with van der Waals surface area (Å²) >= 11 is 3.36. The molecule has 1 saturated carbocycles. The largest absolute Gasteiger partial charge is 0.479 e. The number of aliphatic carboxylic acids is 1. The van der Waals surface area contributed by atoms with Crippen molar-refractivity contribution in [1.82, 2.24) is 5.32 Å². The monoisotopic (exact) mass is 353 g/mol. The maximum Gasteiger partial charge on any atom is 0.329 e. The number of nitrogens with one attached hydrogen (secondary N) is 1. The predicted octanol–water partition coefficient (Wildman–Crippen LogP) is 3.52. The normalized spacial score (nSPS) is 25.4. The first kappa shape index (κ1) is 16.0. The second-order valence-corrected chi connectivity index (χ2v) is 6.81. The standard InChI is InChI=1S/C16H20BrNO3/c1-10-7-12(9-13(17)8-10)14(19)18-16(15(20)21)6-4-3-5-11(16)2/h7-9,11H,3-6H2,1-2H3,(H,18,19)(H,20,21). The summed E-state index contributed by atoms with van der Waals surface area (Å²) in [4.78, 5) is 24.2. The third kappa shape index (κ3) is 3.28. The predicted molar refractivity (Wildman–Crippen MR) is 84.3 cm³/mol. The van der Waals surface area contributed by atoms with Crippen LogP contribution in [0, 0.1) is 12.8 Å². The van der Waals surface area contributed by atoms with Gasteiger partial charge in [0.2, 0.25) is 0 Å². The molecule has 1 aromatic rings. The number of carboxylic acid groups (broad SMARTS) is 1. The van der Waals surface area contributed by atoms with Crippen LogP contribution in [0.2, 0.25) is 0 Å². The van der Waals surface area contributed by atoms with Crippen molar-refractivity contribution in [2.75, 3.05) is 0 Å². The van der Waals surface area contributed by atoms with Crippen LogP contribution in [0.1, 0.15) is 48.5 Å². The lowest BCUT2D eigenvalue weighted by molar-refractivity contribution is -0.148. The van der Waals surface area contributed by atoms with Crippen molar-refractivity contribution in [3.8, 4) is 0 Å². The second-order valence-electron chi connectivity index (χ2n) is 5.89. The molecule has 1 aromatic carbocycles. The van der Waals surface area contributed by atoms with E-state index >= 15 is 0 Å². The van der Waals surface area contributed by atoms with E-state index in [0.717, 1.165) is 29.3 Å². The van der Waals surface area contributed by atoms with Crippen molar-refractivity contribution in [2.45, 2.75) is 45.1 Å². The summed E-state index contributed by atoms with van der Waals surface area (Å²) in [7, 11) is 0. The van der Waals surface area contributed by atoms with Crippen molar-refractivity contribution < 1.29 is 14.7 Å². The minimum atomic E-state index is -1.15. The molecule has 2 unspecified atom stereocenters. The van der Waals surface area contributed by atoms with Gasteiger partial charge in [-0.3, -0.25) is 4.79 Å². The molecule has 114 valence electrons. The molecule has 2 rings (SSSR count). The second kappa shape index (κ2) is 6.18. The van der Waals surface area contributed by atoms with Crippen molar-refractivity contribution in [1.29, 1.82) is 0 Å². The molecule has 1 aliphatic carbocycles. The first-order valence-corrected chi connectivity index (χ1v) is 7.97. The summed E-state index contributed by atoms with van der Waals surface area (Å²) in [6, 6.07) is 5.39. The number of halogens is 1. The number of rotatable bonds is 3. The molecule has 0 spiro atoms. The van der Waals surface area contributed by atoms with Crippen molar-refractivity contribution in [3.63, 3.8) is 0 Å². The molecule has 5 heteroatoms. The molecule has 0 aliphatic heterocycles. The number of carboxylic acids is 1. The topological polar surface area (TPSA) is 66.4 Å². The van der Waals surface area contributed by atoms with Crippen molar-refractivity contribution in [3.05, 3.63) is 33.8 Å². The summed E-state index contributed by atoms with van der Waals surface area (Å²) < 4.78 is 0.814. The van der Waals surface area contributed by atoms with E-state index in [0.29, 0.717) is 12.0 Å². The lowest BCUT2D eigenvalue weighted by Gasteiger charge is -2.39. The summed E-state index contributed by atoms with van der Waals surface area (Å²) in [5.74, 6) is -1.33. The Bertz CT molecular complexity index is 552. The van der Waals surface area contributed by atoms with Gasteiger partial charge in [0.05, 0.1) is 0 Å². The Morgan fingerprint density at radius 1 is 1.33 bits per heavy atom. The summed E-state index contributed by atoms with van der Waals surface area (Å²) in [6.45, 7) is 3.80. The van der Waals surface area contributed by atoms with Gasteiger partial charge in [-0.2, -0.15) is 0 Å². The minimum absolute atomic E-state index is 0.0686. The molecule has 2 atom stereocenters. The average Bonchev–Trinajstić information content (AvgIpc) is 2.40. The van der Waals surface area contributed by atoms with E-state index in [1.807, 2.05) is 19.9 Å². The number of benzene rings is 1. The van der Waals surface area contributed by atoms with Crippen LogP contribution in [0.25, 0.3) is 0 Å². The highest BCUT2D eigenvalue weighted by Crippen LogP contribution is 2.34. The molecule has 21 heavy (non-hydrogen) atoms. The summed E-state index contributed by atoms with van der Waals surface area (Å²) in [5.41, 5.74) is 0.293. The fourth-order valence-corrected chi connectivity index (χ4v) is 3.65. The van der Waals surface area contributed by atoms with Crippen LogP contribution in [0.15, 0.2) is 22.7 Å². The van der Waals surface area contributed by atoms with E-state index in [1.54, 1.807) is 12.1 Å². The molecule has 1 aliphatic rings. The minimum Gasteiger partial charge on any atom is -0.479 e. The quantitative estimate of drug-likeness (QED) is 0.873. The Balaban J connectivity index is 2.28. The molecule has 1 amide bonds. The molecule has 2 N–H and O–H groups in total. The zero-order valence-electron chi connectivity index (χ0n) is 12.3. The Hall–Kier alpha value is -1.36. The number of carbonyl (C=O) groups is 2. The number of aryl methyl sites for hydroxylation is 1. The Morgan fingerprint density at radius 2 is 2.05 bits per heavy atom. The molecule has 4 nitrogen and oxygen atoms in total. The number of hydrogen-bond donors (Lipinski definition) is 2. The number of hydrogen-bond acceptors (Lipinski definition) is 2. The van der Waals surface area contributed by atoms with E-state index in [9.17, 15) is 14.7 Å².